The topological polar surface area (TPSA) is 23.6 Å². The maximum Gasteiger partial charge on any atom is 0.246 e. The lowest BCUT2D eigenvalue weighted by Crippen LogP contribution is -2.42. The maximum absolute atomic E-state index is 12.4. The Kier molecular flexibility index (Phi) is 7.25. The second kappa shape index (κ2) is 9.86. The molecule has 27 heavy (non-hydrogen) atoms. The fraction of sp³-hybridized carbons (Fsp3) is 0.435. The van der Waals surface area contributed by atoms with Gasteiger partial charge in [-0.05, 0) is 67.3 Å². The Hall–Kier alpha value is -1.91. The van der Waals surface area contributed by atoms with Crippen LogP contribution in [-0.2, 0) is 11.2 Å². The molecule has 1 aromatic carbocycles. The summed E-state index contributed by atoms with van der Waals surface area (Å²) in [4.78, 5) is 17.9. The summed E-state index contributed by atoms with van der Waals surface area (Å²) >= 11 is 1.65. The second-order valence-corrected chi connectivity index (χ2v) is 8.53. The van der Waals surface area contributed by atoms with Crippen molar-refractivity contribution in [2.75, 3.05) is 33.2 Å². The molecule has 1 atom stereocenters. The van der Waals surface area contributed by atoms with E-state index >= 15 is 0 Å². The molecular formula is C23H30N2OS. The van der Waals surface area contributed by atoms with Gasteiger partial charge in [0, 0.05) is 37.6 Å². The molecule has 1 aromatic heterocycles. The quantitative estimate of drug-likeness (QED) is 0.659. The van der Waals surface area contributed by atoms with Crippen LogP contribution in [-0.4, -0.2) is 48.9 Å². The fourth-order valence-electron chi connectivity index (χ4n) is 3.82. The number of likely N-dealkylation sites (tertiary alicyclic amines) is 1. The molecule has 3 nitrogen and oxygen atoms in total. The zero-order chi connectivity index (χ0) is 19.1. The van der Waals surface area contributed by atoms with Crippen LogP contribution in [0.15, 0.2) is 47.9 Å². The van der Waals surface area contributed by atoms with E-state index < -0.39 is 0 Å². The molecule has 2 aromatic rings. The van der Waals surface area contributed by atoms with Gasteiger partial charge >= 0.3 is 0 Å². The number of rotatable bonds is 7. The molecule has 0 N–H and O–H groups in total. The third-order valence-corrected chi connectivity index (χ3v) is 6.24. The minimum atomic E-state index is 0.0976. The number of thiophene rings is 1. The van der Waals surface area contributed by atoms with Gasteiger partial charge in [-0.25, -0.2) is 0 Å². The molecule has 0 radical (unpaired) electrons. The molecule has 0 bridgehead atoms. The zero-order valence-corrected chi connectivity index (χ0v) is 17.3. The highest BCUT2D eigenvalue weighted by Crippen LogP contribution is 2.19. The minimum Gasteiger partial charge on any atom is -0.342 e. The van der Waals surface area contributed by atoms with E-state index in [1.165, 1.54) is 30.5 Å². The first-order chi connectivity index (χ1) is 13.1. The Morgan fingerprint density at radius 2 is 2.15 bits per heavy atom. The summed E-state index contributed by atoms with van der Waals surface area (Å²) in [5.74, 6) is 0.667. The number of benzene rings is 1. The van der Waals surface area contributed by atoms with Crippen LogP contribution in [0.1, 0.15) is 28.8 Å². The third-order valence-electron chi connectivity index (χ3n) is 5.40. The van der Waals surface area contributed by atoms with Crippen LogP contribution in [0, 0.1) is 12.8 Å². The predicted octanol–water partition coefficient (Wildman–Crippen LogP) is 4.48. The minimum absolute atomic E-state index is 0.0976. The fourth-order valence-corrected chi connectivity index (χ4v) is 4.43. The molecule has 3 rings (SSSR count). The molecule has 1 fully saturated rings. The van der Waals surface area contributed by atoms with Crippen LogP contribution in [0.4, 0.5) is 0 Å². The SMILES string of the molecule is Cc1ccccc1CCN1CCC[C@H](CN(C)C(=O)/C=C/c2cccs2)C1. The van der Waals surface area contributed by atoms with Crippen LogP contribution >= 0.6 is 11.3 Å². The molecule has 1 amide bonds. The number of amides is 1. The molecule has 0 unspecified atom stereocenters. The van der Waals surface area contributed by atoms with Gasteiger partial charge in [0.15, 0.2) is 0 Å². The van der Waals surface area contributed by atoms with Gasteiger partial charge < -0.3 is 9.80 Å². The van der Waals surface area contributed by atoms with Gasteiger partial charge in [0.2, 0.25) is 5.91 Å². The number of likely N-dealkylation sites (N-methyl/N-ethyl adjacent to an activating group) is 1. The van der Waals surface area contributed by atoms with Crippen molar-refractivity contribution in [3.05, 3.63) is 63.9 Å². The summed E-state index contributed by atoms with van der Waals surface area (Å²) in [7, 11) is 1.92. The maximum atomic E-state index is 12.4. The van der Waals surface area contributed by atoms with Crippen molar-refractivity contribution < 1.29 is 4.79 Å². The van der Waals surface area contributed by atoms with E-state index in [1.54, 1.807) is 17.4 Å². The van der Waals surface area contributed by atoms with E-state index in [9.17, 15) is 4.79 Å². The first kappa shape index (κ1) is 19.8. The van der Waals surface area contributed by atoms with Crippen molar-refractivity contribution in [2.24, 2.45) is 5.92 Å². The van der Waals surface area contributed by atoms with E-state index in [0.29, 0.717) is 5.92 Å². The van der Waals surface area contributed by atoms with Gasteiger partial charge in [-0.15, -0.1) is 11.3 Å². The van der Waals surface area contributed by atoms with Gasteiger partial charge in [-0.1, -0.05) is 30.3 Å². The van der Waals surface area contributed by atoms with Gasteiger partial charge in [0.05, 0.1) is 0 Å². The number of piperidine rings is 1. The molecular weight excluding hydrogens is 352 g/mol. The molecule has 4 heteroatoms. The summed E-state index contributed by atoms with van der Waals surface area (Å²) < 4.78 is 0. The zero-order valence-electron chi connectivity index (χ0n) is 16.4. The van der Waals surface area contributed by atoms with E-state index in [2.05, 4.69) is 36.1 Å². The summed E-state index contributed by atoms with van der Waals surface area (Å²) in [5, 5.41) is 2.03. The van der Waals surface area contributed by atoms with Gasteiger partial charge in [0.1, 0.15) is 0 Å². The standard InChI is InChI=1S/C23H30N2OS/c1-19-7-3-4-9-21(19)13-15-25-14-5-8-20(18-25)17-24(2)23(26)12-11-22-10-6-16-27-22/h3-4,6-7,9-12,16,20H,5,8,13-15,17-18H2,1-2H3/b12-11+/t20-/m1/s1. The average molecular weight is 383 g/mol. The molecule has 1 aliphatic rings. The molecule has 0 spiro atoms. The summed E-state index contributed by atoms with van der Waals surface area (Å²) in [5.41, 5.74) is 2.83. The van der Waals surface area contributed by atoms with Crippen LogP contribution in [0.5, 0.6) is 0 Å². The monoisotopic (exact) mass is 382 g/mol. The van der Waals surface area contributed by atoms with Crippen LogP contribution in [0.3, 0.4) is 0 Å². The van der Waals surface area contributed by atoms with E-state index in [4.69, 9.17) is 0 Å². The smallest absolute Gasteiger partial charge is 0.246 e. The predicted molar refractivity (Wildman–Crippen MR) is 115 cm³/mol. The summed E-state index contributed by atoms with van der Waals surface area (Å²) in [6.45, 7) is 6.42. The number of aryl methyl sites for hydroxylation is 1. The van der Waals surface area contributed by atoms with Gasteiger partial charge in [0.25, 0.3) is 0 Å². The lowest BCUT2D eigenvalue weighted by Gasteiger charge is -2.34. The number of nitrogens with zero attached hydrogens (tertiary/aromatic N) is 2. The number of hydrogen-bond acceptors (Lipinski definition) is 3. The summed E-state index contributed by atoms with van der Waals surface area (Å²) in [6, 6.07) is 12.7. The lowest BCUT2D eigenvalue weighted by molar-refractivity contribution is -0.125. The first-order valence-electron chi connectivity index (χ1n) is 9.85. The molecule has 0 aliphatic carbocycles. The average Bonchev–Trinajstić information content (AvgIpc) is 3.19. The van der Waals surface area contributed by atoms with Crippen molar-refractivity contribution in [1.29, 1.82) is 0 Å². The first-order valence-corrected chi connectivity index (χ1v) is 10.7. The highest BCUT2D eigenvalue weighted by Gasteiger charge is 2.22. The van der Waals surface area contributed by atoms with Crippen LogP contribution < -0.4 is 0 Å². The van der Waals surface area contributed by atoms with Gasteiger partial charge in [-0.2, -0.15) is 0 Å². The number of carbonyl (C=O) groups is 1. The van der Waals surface area contributed by atoms with Crippen LogP contribution in [0.25, 0.3) is 6.08 Å². The molecule has 144 valence electrons. The van der Waals surface area contributed by atoms with Crippen molar-refractivity contribution >= 4 is 23.3 Å². The highest BCUT2D eigenvalue weighted by atomic mass is 32.1. The third kappa shape index (κ3) is 6.05. The Bertz CT molecular complexity index is 753. The Morgan fingerprint density at radius 3 is 2.93 bits per heavy atom. The molecule has 2 heterocycles. The van der Waals surface area contributed by atoms with Crippen molar-refractivity contribution in [1.82, 2.24) is 9.80 Å². The lowest BCUT2D eigenvalue weighted by atomic mass is 9.96. The highest BCUT2D eigenvalue weighted by molar-refractivity contribution is 7.10. The van der Waals surface area contributed by atoms with Crippen LogP contribution in [0.2, 0.25) is 0 Å². The van der Waals surface area contributed by atoms with Crippen molar-refractivity contribution in [2.45, 2.75) is 26.2 Å². The summed E-state index contributed by atoms with van der Waals surface area (Å²) in [6.07, 6.45) is 7.17. The Balaban J connectivity index is 1.46. The number of hydrogen-bond donors (Lipinski definition) is 0. The normalized spacial score (nSPS) is 18.1. The van der Waals surface area contributed by atoms with E-state index in [-0.39, 0.29) is 5.91 Å². The Morgan fingerprint density at radius 1 is 1.30 bits per heavy atom. The van der Waals surface area contributed by atoms with E-state index in [0.717, 1.165) is 30.9 Å². The largest absolute Gasteiger partial charge is 0.342 e. The Labute approximate surface area is 167 Å². The molecule has 1 saturated heterocycles. The van der Waals surface area contributed by atoms with Gasteiger partial charge in [-0.3, -0.25) is 4.79 Å². The molecule has 0 saturated carbocycles. The van der Waals surface area contributed by atoms with Crippen molar-refractivity contribution in [3.8, 4) is 0 Å². The van der Waals surface area contributed by atoms with E-state index in [1.807, 2.05) is 35.5 Å². The number of carbonyl (C=O) groups excluding carboxylic acids is 1. The van der Waals surface area contributed by atoms with Crippen molar-refractivity contribution in [3.63, 3.8) is 0 Å². The second-order valence-electron chi connectivity index (χ2n) is 7.55. The molecule has 1 aliphatic heterocycles.